The number of carbonyl (C=O) groups excluding carboxylic acids is 5. The van der Waals surface area contributed by atoms with Gasteiger partial charge in [-0.2, -0.15) is 0 Å². The van der Waals surface area contributed by atoms with E-state index in [2.05, 4.69) is 16.0 Å². The Hall–Kier alpha value is -3.96. The molecule has 1 saturated heterocycles. The first-order valence-electron chi connectivity index (χ1n) is 16.8. The smallest absolute Gasteiger partial charge is 0.326 e. The zero-order valence-electron chi connectivity index (χ0n) is 28.4. The van der Waals surface area contributed by atoms with Crippen LogP contribution in [0.15, 0.2) is 24.3 Å². The van der Waals surface area contributed by atoms with Gasteiger partial charge in [0.1, 0.15) is 18.1 Å². The number of benzene rings is 1. The van der Waals surface area contributed by atoms with E-state index in [-0.39, 0.29) is 36.1 Å². The van der Waals surface area contributed by atoms with Gasteiger partial charge in [0, 0.05) is 6.54 Å². The lowest BCUT2D eigenvalue weighted by molar-refractivity contribution is -0.143. The maximum atomic E-state index is 14.7. The number of ketones is 1. The highest BCUT2D eigenvalue weighted by atomic mass is 16.4. The van der Waals surface area contributed by atoms with Crippen LogP contribution in [0.5, 0.6) is 0 Å². The van der Waals surface area contributed by atoms with Crippen molar-refractivity contribution in [1.29, 1.82) is 0 Å². The SMILES string of the molecule is CC(C)[C@H]1CN(C(=O)[C@@H](NC(=O)N[C@H](C(=O)O)C(C)(C)C)C2Cc3ccccc3C2)[C@H](C(=O)NC(CC2CCC2)C(=O)C(N)=O)C1C. The first-order chi connectivity index (χ1) is 22.0. The maximum absolute atomic E-state index is 14.7. The predicted octanol–water partition coefficient (Wildman–Crippen LogP) is 2.42. The summed E-state index contributed by atoms with van der Waals surface area (Å²) in [5, 5.41) is 18.0. The molecular weight excluding hydrogens is 602 g/mol. The third-order valence-electron chi connectivity index (χ3n) is 10.5. The van der Waals surface area contributed by atoms with Crippen molar-refractivity contribution in [3.8, 4) is 0 Å². The number of nitrogens with two attached hydrogens (primary N) is 1. The first kappa shape index (κ1) is 35.9. The zero-order chi connectivity index (χ0) is 34.8. The minimum absolute atomic E-state index is 0.0563. The summed E-state index contributed by atoms with van der Waals surface area (Å²) in [7, 11) is 0. The van der Waals surface area contributed by atoms with Gasteiger partial charge in [0.15, 0.2) is 0 Å². The molecule has 0 spiro atoms. The molecule has 6 N–H and O–H groups in total. The highest BCUT2D eigenvalue weighted by molar-refractivity contribution is 6.37. The Bertz CT molecular complexity index is 1360. The van der Waals surface area contributed by atoms with Crippen LogP contribution in [-0.4, -0.2) is 76.2 Å². The van der Waals surface area contributed by atoms with E-state index < -0.39 is 65.1 Å². The number of amides is 5. The van der Waals surface area contributed by atoms with Gasteiger partial charge in [-0.05, 0) is 65.4 Å². The fourth-order valence-electron chi connectivity index (χ4n) is 7.52. The fraction of sp³-hybridized carbons (Fsp3) is 0.657. The molecule has 47 heavy (non-hydrogen) atoms. The molecule has 0 aromatic heterocycles. The Labute approximate surface area is 277 Å². The lowest BCUT2D eigenvalue weighted by atomic mass is 9.80. The van der Waals surface area contributed by atoms with E-state index in [1.54, 1.807) is 20.8 Å². The summed E-state index contributed by atoms with van der Waals surface area (Å²) in [4.78, 5) is 80.4. The molecule has 2 aliphatic carbocycles. The summed E-state index contributed by atoms with van der Waals surface area (Å²) in [6.07, 6.45) is 4.14. The quantitative estimate of drug-likeness (QED) is 0.214. The molecule has 1 aliphatic heterocycles. The number of hydrogen-bond acceptors (Lipinski definition) is 6. The summed E-state index contributed by atoms with van der Waals surface area (Å²) in [5.41, 5.74) is 6.67. The number of nitrogens with zero attached hydrogens (tertiary/aromatic N) is 1. The van der Waals surface area contributed by atoms with Crippen molar-refractivity contribution < 1.29 is 33.9 Å². The van der Waals surface area contributed by atoms with Crippen LogP contribution in [0.4, 0.5) is 4.79 Å². The number of likely N-dealkylation sites (tertiary alicyclic amines) is 1. The number of Topliss-reactive ketones (excluding diaryl/α,β-unsaturated/α-hetero) is 1. The van der Waals surface area contributed by atoms with Crippen molar-refractivity contribution in [1.82, 2.24) is 20.9 Å². The lowest BCUT2D eigenvalue weighted by Gasteiger charge is -2.34. The molecule has 12 nitrogen and oxygen atoms in total. The number of primary amides is 1. The third-order valence-corrected chi connectivity index (χ3v) is 10.5. The molecule has 1 aromatic carbocycles. The van der Waals surface area contributed by atoms with E-state index in [1.807, 2.05) is 45.0 Å². The summed E-state index contributed by atoms with van der Waals surface area (Å²) in [6.45, 7) is 11.3. The monoisotopic (exact) mass is 653 g/mol. The number of carboxylic acid groups (broad SMARTS) is 1. The molecule has 12 heteroatoms. The highest BCUT2D eigenvalue weighted by Gasteiger charge is 2.50. The molecule has 0 bridgehead atoms. The second kappa shape index (κ2) is 14.4. The maximum Gasteiger partial charge on any atom is 0.326 e. The second-order valence-electron chi connectivity index (χ2n) is 15.2. The van der Waals surface area contributed by atoms with Gasteiger partial charge < -0.3 is 31.7 Å². The Kier molecular flexibility index (Phi) is 11.0. The van der Waals surface area contributed by atoms with E-state index in [4.69, 9.17) is 5.73 Å². The van der Waals surface area contributed by atoms with Gasteiger partial charge >= 0.3 is 12.0 Å². The molecule has 1 saturated carbocycles. The van der Waals surface area contributed by atoms with E-state index in [0.29, 0.717) is 19.3 Å². The van der Waals surface area contributed by atoms with Crippen molar-refractivity contribution in [3.63, 3.8) is 0 Å². The molecule has 6 atom stereocenters. The van der Waals surface area contributed by atoms with Crippen LogP contribution >= 0.6 is 0 Å². The van der Waals surface area contributed by atoms with Crippen LogP contribution in [0.1, 0.15) is 78.4 Å². The van der Waals surface area contributed by atoms with Crippen molar-refractivity contribution in [2.24, 2.45) is 40.7 Å². The number of urea groups is 1. The Morgan fingerprint density at radius 1 is 0.979 bits per heavy atom. The number of nitrogens with one attached hydrogen (secondary N) is 3. The first-order valence-corrected chi connectivity index (χ1v) is 16.8. The van der Waals surface area contributed by atoms with Gasteiger partial charge in [-0.1, -0.05) is 85.1 Å². The van der Waals surface area contributed by atoms with Gasteiger partial charge in [0.05, 0.1) is 6.04 Å². The van der Waals surface area contributed by atoms with E-state index in [9.17, 15) is 33.9 Å². The van der Waals surface area contributed by atoms with E-state index in [1.165, 1.54) is 4.90 Å². The van der Waals surface area contributed by atoms with Crippen LogP contribution in [-0.2, 0) is 36.8 Å². The Morgan fingerprint density at radius 3 is 2.04 bits per heavy atom. The molecule has 258 valence electrons. The van der Waals surface area contributed by atoms with Crippen LogP contribution in [0.2, 0.25) is 0 Å². The van der Waals surface area contributed by atoms with Crippen molar-refractivity contribution >= 4 is 35.5 Å². The van der Waals surface area contributed by atoms with Gasteiger partial charge in [-0.3, -0.25) is 19.2 Å². The average Bonchev–Trinajstić information content (AvgIpc) is 3.55. The highest BCUT2D eigenvalue weighted by Crippen LogP contribution is 2.38. The molecule has 1 aromatic rings. The third kappa shape index (κ3) is 8.13. The van der Waals surface area contributed by atoms with Crippen molar-refractivity contribution in [2.75, 3.05) is 6.54 Å². The molecule has 0 radical (unpaired) electrons. The van der Waals surface area contributed by atoms with Gasteiger partial charge in [0.25, 0.3) is 5.91 Å². The van der Waals surface area contributed by atoms with Gasteiger partial charge in [0.2, 0.25) is 17.6 Å². The van der Waals surface area contributed by atoms with Gasteiger partial charge in [-0.15, -0.1) is 0 Å². The average molecular weight is 654 g/mol. The molecule has 2 fully saturated rings. The Balaban J connectivity index is 1.64. The van der Waals surface area contributed by atoms with Crippen LogP contribution in [0.25, 0.3) is 0 Å². The number of carboxylic acids is 1. The minimum atomic E-state index is -1.22. The number of aliphatic carboxylic acids is 1. The number of rotatable bonds is 12. The summed E-state index contributed by atoms with van der Waals surface area (Å²) in [6, 6.07) is 2.69. The largest absolute Gasteiger partial charge is 0.480 e. The normalized spacial score (nSPS) is 23.3. The standard InChI is InChI=1S/C35H51N5O7/c1-18(2)24-17-40(27(19(24)3)31(43)37-25(28(41)30(36)42)14-20-10-9-11-20)32(44)26(23-15-21-12-7-8-13-22(21)16-23)38-34(47)39-29(33(45)46)35(4,5)6/h7-8,12-13,18-20,23-27,29H,9-11,14-17H2,1-6H3,(H2,36,42)(H,37,43)(H,45,46)(H2,38,39,47)/t19?,24-,25?,26+,27+,29-/m1/s1. The van der Waals surface area contributed by atoms with Crippen LogP contribution in [0, 0.1) is 35.0 Å². The molecule has 3 aliphatic rings. The second-order valence-corrected chi connectivity index (χ2v) is 15.2. The number of carbonyl (C=O) groups is 6. The molecule has 2 unspecified atom stereocenters. The van der Waals surface area contributed by atoms with Crippen LogP contribution in [0.3, 0.4) is 0 Å². The van der Waals surface area contributed by atoms with E-state index in [0.717, 1.165) is 30.4 Å². The molecule has 5 amide bonds. The summed E-state index contributed by atoms with van der Waals surface area (Å²) in [5.74, 6) is -4.54. The predicted molar refractivity (Wildman–Crippen MR) is 175 cm³/mol. The number of fused-ring (bicyclic) bond motifs is 1. The Morgan fingerprint density at radius 2 is 1.57 bits per heavy atom. The summed E-state index contributed by atoms with van der Waals surface area (Å²) < 4.78 is 0. The minimum Gasteiger partial charge on any atom is -0.480 e. The van der Waals surface area contributed by atoms with Crippen molar-refractivity contribution in [3.05, 3.63) is 35.4 Å². The number of hydrogen-bond donors (Lipinski definition) is 5. The topological polar surface area (TPSA) is 188 Å². The molecule has 4 rings (SSSR count). The van der Waals surface area contributed by atoms with Gasteiger partial charge in [-0.25, -0.2) is 9.59 Å². The fourth-order valence-corrected chi connectivity index (χ4v) is 7.52. The van der Waals surface area contributed by atoms with Crippen LogP contribution < -0.4 is 21.7 Å². The lowest BCUT2D eigenvalue weighted by Crippen LogP contribution is -2.61. The van der Waals surface area contributed by atoms with Crippen molar-refractivity contribution in [2.45, 2.75) is 104 Å². The zero-order valence-corrected chi connectivity index (χ0v) is 28.4. The molecular formula is C35H51N5O7. The molecule has 1 heterocycles. The van der Waals surface area contributed by atoms with E-state index >= 15 is 0 Å². The summed E-state index contributed by atoms with van der Waals surface area (Å²) >= 11 is 0.